The molecule has 0 amide bonds. The summed E-state index contributed by atoms with van der Waals surface area (Å²) in [6.07, 6.45) is -2.44. The third-order valence-electron chi connectivity index (χ3n) is 3.05. The molecule has 0 aliphatic carbocycles. The summed E-state index contributed by atoms with van der Waals surface area (Å²) in [6.45, 7) is 6.79. The van der Waals surface area contributed by atoms with Gasteiger partial charge in [0, 0.05) is 0 Å². The van der Waals surface area contributed by atoms with E-state index in [4.69, 9.17) is 9.47 Å². The van der Waals surface area contributed by atoms with E-state index in [1.807, 2.05) is 0 Å². The Labute approximate surface area is 129 Å². The van der Waals surface area contributed by atoms with Gasteiger partial charge in [-0.1, -0.05) is 0 Å². The number of hydrogen-bond acceptors (Lipinski definition) is 3. The number of aliphatic hydroxyl groups excluding tert-OH is 1. The van der Waals surface area contributed by atoms with E-state index in [1.165, 1.54) is 6.08 Å². The van der Waals surface area contributed by atoms with E-state index in [9.17, 15) is 13.9 Å². The van der Waals surface area contributed by atoms with Crippen LogP contribution in [0.15, 0.2) is 43.0 Å². The van der Waals surface area contributed by atoms with Crippen molar-refractivity contribution in [1.29, 1.82) is 0 Å². The van der Waals surface area contributed by atoms with Gasteiger partial charge in [-0.3, -0.25) is 0 Å². The van der Waals surface area contributed by atoms with Gasteiger partial charge in [-0.15, -0.1) is 0 Å². The van der Waals surface area contributed by atoms with Crippen molar-refractivity contribution in [3.8, 4) is 0 Å². The normalized spacial score (nSPS) is 26.5. The van der Waals surface area contributed by atoms with Gasteiger partial charge in [0.25, 0.3) is 0 Å². The monoisotopic (exact) mass is 364 g/mol. The molecule has 0 bridgehead atoms. The molecule has 0 aromatic heterocycles. The topological polar surface area (TPSA) is 38.7 Å². The van der Waals surface area contributed by atoms with Gasteiger partial charge in [0.1, 0.15) is 0 Å². The molecule has 1 aliphatic rings. The van der Waals surface area contributed by atoms with Crippen LogP contribution in [-0.2, 0) is 9.47 Å². The Morgan fingerprint density at radius 2 is 1.95 bits per heavy atom. The summed E-state index contributed by atoms with van der Waals surface area (Å²) < 4.78 is 40.0. The first-order chi connectivity index (χ1) is 9.75. The molecule has 116 valence electrons. The quantitative estimate of drug-likeness (QED) is 0.639. The van der Waals surface area contributed by atoms with Crippen LogP contribution in [0.25, 0.3) is 0 Å². The zero-order chi connectivity index (χ0) is 15.7. The van der Waals surface area contributed by atoms with E-state index >= 15 is 0 Å². The molecule has 1 fully saturated rings. The Balaban J connectivity index is 2.14. The molecule has 2 rings (SSSR count). The second kappa shape index (κ2) is 6.15. The Hall–Kier alpha value is -0.781. The first-order valence-electron chi connectivity index (χ1n) is 6.53. The van der Waals surface area contributed by atoms with Crippen molar-refractivity contribution in [2.24, 2.45) is 0 Å². The number of halogens is 2. The molecule has 1 saturated heterocycles. The van der Waals surface area contributed by atoms with Crippen molar-refractivity contribution < 1.29 is 23.4 Å². The molecule has 6 heteroatoms. The minimum atomic E-state index is -3.26. The van der Waals surface area contributed by atoms with E-state index in [-0.39, 0.29) is 0 Å². The van der Waals surface area contributed by atoms with Crippen LogP contribution < -0.4 is 4.46 Å². The average molecular weight is 363 g/mol. The predicted molar refractivity (Wildman–Crippen MR) is 76.8 cm³/mol. The summed E-state index contributed by atoms with van der Waals surface area (Å²) in [5, 5.41) is 10.1. The van der Waals surface area contributed by atoms with Gasteiger partial charge in [-0.25, -0.2) is 0 Å². The van der Waals surface area contributed by atoms with Crippen LogP contribution in [0.5, 0.6) is 0 Å². The minimum absolute atomic E-state index is 0.516. The fourth-order valence-corrected chi connectivity index (χ4v) is 3.95. The summed E-state index contributed by atoms with van der Waals surface area (Å²) in [6, 6.07) is 8.41. The van der Waals surface area contributed by atoms with E-state index in [0.29, 0.717) is 4.46 Å². The van der Waals surface area contributed by atoms with Gasteiger partial charge in [0.15, 0.2) is 0 Å². The molecule has 1 N–H and O–H groups in total. The Bertz CT molecular complexity index is 493. The summed E-state index contributed by atoms with van der Waals surface area (Å²) in [7, 11) is 0. The first-order valence-corrected chi connectivity index (χ1v) is 8.24. The molecular weight excluding hydrogens is 345 g/mol. The van der Waals surface area contributed by atoms with E-state index in [2.05, 4.69) is 6.58 Å². The van der Waals surface area contributed by atoms with Gasteiger partial charge in [-0.2, -0.15) is 0 Å². The maximum absolute atomic E-state index is 14.3. The Morgan fingerprint density at radius 1 is 1.33 bits per heavy atom. The van der Waals surface area contributed by atoms with Gasteiger partial charge in [-0.05, 0) is 0 Å². The molecule has 1 aromatic rings. The fourth-order valence-electron chi connectivity index (χ4n) is 2.14. The van der Waals surface area contributed by atoms with Crippen LogP contribution in [0.1, 0.15) is 13.8 Å². The molecule has 3 atom stereocenters. The number of rotatable bonds is 5. The van der Waals surface area contributed by atoms with Crippen LogP contribution in [0.2, 0.25) is 0 Å². The Kier molecular flexibility index (Phi) is 4.85. The predicted octanol–water partition coefficient (Wildman–Crippen LogP) is 1.68. The third-order valence-corrected chi connectivity index (χ3v) is 5.19. The van der Waals surface area contributed by atoms with Crippen LogP contribution in [0.3, 0.4) is 0 Å². The summed E-state index contributed by atoms with van der Waals surface area (Å²) in [5.74, 6) is -1.01. The average Bonchev–Trinajstić information content (AvgIpc) is 2.73. The van der Waals surface area contributed by atoms with Gasteiger partial charge in [0.2, 0.25) is 0 Å². The van der Waals surface area contributed by atoms with Gasteiger partial charge in [0.05, 0.1) is 0 Å². The van der Waals surface area contributed by atoms with Crippen molar-refractivity contribution >= 4 is 19.4 Å². The van der Waals surface area contributed by atoms with Crippen molar-refractivity contribution in [2.75, 3.05) is 0 Å². The Morgan fingerprint density at radius 3 is 2.52 bits per heavy atom. The summed E-state index contributed by atoms with van der Waals surface area (Å²) in [4.78, 5) is -3.26. The zero-order valence-corrected chi connectivity index (χ0v) is 13.5. The zero-order valence-electron chi connectivity index (χ0n) is 11.8. The second-order valence-corrected chi connectivity index (χ2v) is 7.78. The number of aliphatic hydroxyl groups is 1. The van der Waals surface area contributed by atoms with E-state index in [0.717, 1.165) is 0 Å². The van der Waals surface area contributed by atoms with Crippen molar-refractivity contribution in [3.05, 3.63) is 43.0 Å². The third kappa shape index (κ3) is 3.90. The van der Waals surface area contributed by atoms with Crippen LogP contribution in [-0.4, -0.2) is 49.0 Å². The fraction of sp³-hybridized carbons (Fsp3) is 0.467. The number of hydrogen-bond donors (Lipinski definition) is 1. The van der Waals surface area contributed by atoms with Crippen molar-refractivity contribution in [1.82, 2.24) is 0 Å². The van der Waals surface area contributed by atoms with Gasteiger partial charge >= 0.3 is 129 Å². The molecular formula is C15H18F2O3Se. The number of alkyl halides is 2. The number of benzene rings is 1. The summed E-state index contributed by atoms with van der Waals surface area (Å²) in [5.41, 5.74) is 0. The molecule has 0 unspecified atom stereocenters. The second-order valence-electron chi connectivity index (χ2n) is 5.22. The SMILES string of the molecule is C=C[C@H]1OC(C)(C)O[C@H]1[C@H](O)C(F)(F)[Se]c1ccccc1. The molecule has 0 radical (unpaired) electrons. The summed E-state index contributed by atoms with van der Waals surface area (Å²) >= 11 is -1.20. The van der Waals surface area contributed by atoms with Crippen molar-refractivity contribution in [3.63, 3.8) is 0 Å². The van der Waals surface area contributed by atoms with Crippen molar-refractivity contribution in [2.45, 2.75) is 42.8 Å². The molecule has 3 nitrogen and oxygen atoms in total. The molecule has 0 spiro atoms. The number of ether oxygens (including phenoxy) is 2. The van der Waals surface area contributed by atoms with E-state index in [1.54, 1.807) is 44.2 Å². The standard InChI is InChI=1S/C15H18F2O3Se/c1-4-11-12(20-14(2,3)19-11)13(18)15(16,17)21-10-8-6-5-7-9-10/h4-9,11-13,18H,1H2,2-3H3/t11-,12-,13+/m1/s1. The van der Waals surface area contributed by atoms with Gasteiger partial charge < -0.3 is 0 Å². The molecule has 1 aliphatic heterocycles. The van der Waals surface area contributed by atoms with Crippen LogP contribution >= 0.6 is 0 Å². The van der Waals surface area contributed by atoms with Crippen LogP contribution in [0, 0.1) is 0 Å². The molecule has 21 heavy (non-hydrogen) atoms. The molecule has 1 heterocycles. The van der Waals surface area contributed by atoms with E-state index < -0.39 is 43.9 Å². The van der Waals surface area contributed by atoms with Crippen LogP contribution in [0.4, 0.5) is 8.78 Å². The molecule has 1 aromatic carbocycles. The molecule has 0 saturated carbocycles. The first kappa shape index (κ1) is 16.6. The maximum atomic E-state index is 14.3.